The smallest absolute Gasteiger partial charge is 0.339 e. The van der Waals surface area contributed by atoms with Crippen LogP contribution in [-0.2, 0) is 9.53 Å². The first-order valence-corrected chi connectivity index (χ1v) is 4.88. The Morgan fingerprint density at radius 2 is 2.44 bits per heavy atom. The van der Waals surface area contributed by atoms with Crippen LogP contribution >= 0.6 is 15.9 Å². The fourth-order valence-corrected chi connectivity index (χ4v) is 1.54. The zero-order valence-corrected chi connectivity index (χ0v) is 9.93. The molecule has 0 spiro atoms. The molecule has 0 bridgehead atoms. The number of hydrogen-bond donors (Lipinski definition) is 0. The fourth-order valence-electron chi connectivity index (χ4n) is 0.989. The lowest BCUT2D eigenvalue weighted by atomic mass is 10.2. The minimum Gasteiger partial charge on any atom is -0.465 e. The van der Waals surface area contributed by atoms with Gasteiger partial charge in [0.25, 0.3) is 0 Å². The van der Waals surface area contributed by atoms with Gasteiger partial charge < -0.3 is 4.74 Å². The normalized spacial score (nSPS) is 9.12. The molecule has 0 saturated heterocycles. The van der Waals surface area contributed by atoms with Crippen LogP contribution < -0.4 is 0 Å². The maximum atomic E-state index is 11.2. The maximum Gasteiger partial charge on any atom is 0.339 e. The Morgan fingerprint density at radius 3 is 3.00 bits per heavy atom. The van der Waals surface area contributed by atoms with Crippen molar-refractivity contribution in [3.63, 3.8) is 0 Å². The van der Waals surface area contributed by atoms with Gasteiger partial charge in [-0.1, -0.05) is 11.7 Å². The number of pyridine rings is 1. The van der Waals surface area contributed by atoms with Gasteiger partial charge in [-0.2, -0.15) is 0 Å². The number of ether oxygens (including phenoxy) is 1. The van der Waals surface area contributed by atoms with Gasteiger partial charge in [-0.25, -0.2) is 4.79 Å². The van der Waals surface area contributed by atoms with Gasteiger partial charge in [0.15, 0.2) is 0 Å². The third kappa shape index (κ3) is 2.39. The molecule has 0 unspecified atom stereocenters. The van der Waals surface area contributed by atoms with Crippen LogP contribution in [0.2, 0.25) is 0 Å². The van der Waals surface area contributed by atoms with Crippen LogP contribution in [0.4, 0.5) is 5.69 Å². The molecule has 0 N–H and O–H groups in total. The SMILES string of the molecule is C=C(C(=O)OC)c1nccc(N=[N+]=[N-])c1Br. The van der Waals surface area contributed by atoms with E-state index in [0.29, 0.717) is 10.2 Å². The second kappa shape index (κ2) is 5.29. The Balaban J connectivity index is 3.25. The monoisotopic (exact) mass is 282 g/mol. The van der Waals surface area contributed by atoms with Gasteiger partial charge in [0.2, 0.25) is 0 Å². The Labute approximate surface area is 99.7 Å². The highest BCUT2D eigenvalue weighted by atomic mass is 79.9. The number of carbonyl (C=O) groups excluding carboxylic acids is 1. The van der Waals surface area contributed by atoms with E-state index in [1.165, 1.54) is 19.4 Å². The predicted octanol–water partition coefficient (Wildman–Crippen LogP) is 2.97. The van der Waals surface area contributed by atoms with E-state index < -0.39 is 5.97 Å². The maximum absolute atomic E-state index is 11.2. The van der Waals surface area contributed by atoms with E-state index in [2.05, 4.69) is 42.3 Å². The number of nitrogens with zero attached hydrogens (tertiary/aromatic N) is 4. The second-order valence-corrected chi connectivity index (χ2v) is 3.45. The van der Waals surface area contributed by atoms with E-state index >= 15 is 0 Å². The highest BCUT2D eigenvalue weighted by Crippen LogP contribution is 2.31. The van der Waals surface area contributed by atoms with E-state index in [1.54, 1.807) is 0 Å². The molecule has 0 aromatic carbocycles. The topological polar surface area (TPSA) is 88.0 Å². The summed E-state index contributed by atoms with van der Waals surface area (Å²) in [4.78, 5) is 17.9. The molecule has 1 heterocycles. The Kier molecular flexibility index (Phi) is 4.04. The van der Waals surface area contributed by atoms with Crippen LogP contribution in [0.25, 0.3) is 16.0 Å². The first-order valence-electron chi connectivity index (χ1n) is 4.09. The summed E-state index contributed by atoms with van der Waals surface area (Å²) in [5, 5.41) is 3.43. The molecule has 82 valence electrons. The molecule has 1 aromatic heterocycles. The van der Waals surface area contributed by atoms with Crippen molar-refractivity contribution in [3.05, 3.63) is 39.5 Å². The van der Waals surface area contributed by atoms with Gasteiger partial charge in [-0.15, -0.1) is 0 Å². The van der Waals surface area contributed by atoms with Gasteiger partial charge in [0, 0.05) is 11.1 Å². The molecule has 0 radical (unpaired) electrons. The molecule has 0 aliphatic carbocycles. The fraction of sp³-hybridized carbons (Fsp3) is 0.111. The summed E-state index contributed by atoms with van der Waals surface area (Å²) in [5.41, 5.74) is 9.04. The number of methoxy groups -OCH3 is 1. The summed E-state index contributed by atoms with van der Waals surface area (Å²) < 4.78 is 4.92. The Morgan fingerprint density at radius 1 is 1.75 bits per heavy atom. The third-order valence-electron chi connectivity index (χ3n) is 1.74. The summed E-state index contributed by atoms with van der Waals surface area (Å²) in [5.74, 6) is -0.591. The van der Waals surface area contributed by atoms with Crippen molar-refractivity contribution in [1.29, 1.82) is 0 Å². The van der Waals surface area contributed by atoms with E-state index in [0.717, 1.165) is 0 Å². The first kappa shape index (κ1) is 12.2. The lowest BCUT2D eigenvalue weighted by molar-refractivity contribution is -0.133. The quantitative estimate of drug-likeness (QED) is 0.281. The third-order valence-corrected chi connectivity index (χ3v) is 2.52. The number of esters is 1. The van der Waals surface area contributed by atoms with Crippen molar-refractivity contribution in [3.8, 4) is 0 Å². The summed E-state index contributed by atoms with van der Waals surface area (Å²) >= 11 is 3.18. The average molecular weight is 283 g/mol. The van der Waals surface area contributed by atoms with E-state index in [-0.39, 0.29) is 11.3 Å². The average Bonchev–Trinajstić information content (AvgIpc) is 2.30. The number of carbonyl (C=O) groups is 1. The molecule has 0 fully saturated rings. The van der Waals surface area contributed by atoms with E-state index in [9.17, 15) is 4.79 Å². The summed E-state index contributed by atoms with van der Waals surface area (Å²) in [6.07, 6.45) is 1.41. The van der Waals surface area contributed by atoms with Crippen LogP contribution in [0.1, 0.15) is 5.69 Å². The molecule has 1 rings (SSSR count). The molecular weight excluding hydrogens is 276 g/mol. The first-order chi connectivity index (χ1) is 7.61. The largest absolute Gasteiger partial charge is 0.465 e. The molecule has 0 aliphatic heterocycles. The summed E-state index contributed by atoms with van der Waals surface area (Å²) in [6, 6.07) is 1.51. The zero-order valence-electron chi connectivity index (χ0n) is 8.35. The molecule has 1 aromatic rings. The van der Waals surface area contributed by atoms with Gasteiger partial charge in [-0.3, -0.25) is 4.98 Å². The minimum absolute atomic E-state index is 0.0874. The van der Waals surface area contributed by atoms with Gasteiger partial charge >= 0.3 is 5.97 Å². The van der Waals surface area contributed by atoms with Crippen LogP contribution in [0.15, 0.2) is 28.4 Å². The van der Waals surface area contributed by atoms with E-state index in [4.69, 9.17) is 5.53 Å². The molecule has 6 nitrogen and oxygen atoms in total. The molecule has 0 saturated carbocycles. The van der Waals surface area contributed by atoms with Crippen LogP contribution in [0.3, 0.4) is 0 Å². The Hall–Kier alpha value is -1.85. The predicted molar refractivity (Wildman–Crippen MR) is 61.8 cm³/mol. The van der Waals surface area contributed by atoms with Crippen LogP contribution in [-0.4, -0.2) is 18.1 Å². The summed E-state index contributed by atoms with van der Waals surface area (Å²) in [7, 11) is 1.25. The standard InChI is InChI=1S/C9H7BrN4O2/c1-5(9(15)16-2)8-7(10)6(13-14-11)3-4-12-8/h3-4H,1H2,2H3. The van der Waals surface area contributed by atoms with Crippen molar-refractivity contribution in [2.75, 3.05) is 7.11 Å². The van der Waals surface area contributed by atoms with Crippen molar-refractivity contribution < 1.29 is 9.53 Å². The highest BCUT2D eigenvalue weighted by Gasteiger charge is 2.15. The van der Waals surface area contributed by atoms with Gasteiger partial charge in [-0.05, 0) is 27.5 Å². The Bertz CT molecular complexity index is 494. The zero-order chi connectivity index (χ0) is 12.1. The van der Waals surface area contributed by atoms with E-state index in [1.807, 2.05) is 0 Å². The number of hydrogen-bond acceptors (Lipinski definition) is 4. The lowest BCUT2D eigenvalue weighted by Crippen LogP contribution is -2.04. The lowest BCUT2D eigenvalue weighted by Gasteiger charge is -2.06. The molecule has 0 aliphatic rings. The summed E-state index contributed by atoms with van der Waals surface area (Å²) in [6.45, 7) is 3.56. The minimum atomic E-state index is -0.591. The number of aromatic nitrogens is 1. The van der Waals surface area contributed by atoms with Crippen LogP contribution in [0.5, 0.6) is 0 Å². The second-order valence-electron chi connectivity index (χ2n) is 2.65. The number of azide groups is 1. The molecule has 7 heteroatoms. The van der Waals surface area contributed by atoms with Gasteiger partial charge in [0.1, 0.15) is 0 Å². The number of halogens is 1. The molecule has 0 atom stereocenters. The molecular formula is C9H7BrN4O2. The number of rotatable bonds is 3. The molecule has 0 amide bonds. The highest BCUT2D eigenvalue weighted by molar-refractivity contribution is 9.10. The van der Waals surface area contributed by atoms with Crippen molar-refractivity contribution in [2.24, 2.45) is 5.11 Å². The van der Waals surface area contributed by atoms with Gasteiger partial charge in [0.05, 0.1) is 28.5 Å². The van der Waals surface area contributed by atoms with Crippen molar-refractivity contribution in [2.45, 2.75) is 0 Å². The van der Waals surface area contributed by atoms with Crippen molar-refractivity contribution >= 4 is 33.2 Å². The van der Waals surface area contributed by atoms with Crippen molar-refractivity contribution in [1.82, 2.24) is 4.98 Å². The molecule has 16 heavy (non-hydrogen) atoms. The van der Waals surface area contributed by atoms with Crippen LogP contribution in [0, 0.1) is 0 Å².